The Kier molecular flexibility index (Phi) is 12.5. The average molecular weight is 478 g/mol. The summed E-state index contributed by atoms with van der Waals surface area (Å²) in [5.74, 6) is 0.334. The maximum Gasteiger partial charge on any atom is 0.251 e. The minimum Gasteiger partial charge on any atom is -0.397 e. The van der Waals surface area contributed by atoms with E-state index in [0.29, 0.717) is 22.9 Å². The first-order chi connectivity index (χ1) is 16.5. The second-order valence-electron chi connectivity index (χ2n) is 9.10. The summed E-state index contributed by atoms with van der Waals surface area (Å²) in [6, 6.07) is 1.73. The molecule has 1 amide bonds. The molecule has 6 heteroatoms. The van der Waals surface area contributed by atoms with E-state index in [4.69, 9.17) is 11.1 Å². The van der Waals surface area contributed by atoms with Gasteiger partial charge in [0.2, 0.25) is 0 Å². The van der Waals surface area contributed by atoms with Gasteiger partial charge in [0.25, 0.3) is 5.91 Å². The van der Waals surface area contributed by atoms with Gasteiger partial charge >= 0.3 is 0 Å². The number of amides is 1. The molecule has 0 saturated carbocycles. The smallest absolute Gasteiger partial charge is 0.251 e. The maximum atomic E-state index is 12.8. The van der Waals surface area contributed by atoms with Crippen molar-refractivity contribution in [1.29, 1.82) is 5.41 Å². The maximum absolute atomic E-state index is 12.8. The zero-order chi connectivity index (χ0) is 26.5. The number of nitrogens with two attached hydrogens (primary N) is 1. The van der Waals surface area contributed by atoms with Crippen LogP contribution in [0.2, 0.25) is 0 Å². The Bertz CT molecular complexity index is 1060. The molecule has 0 fully saturated rings. The van der Waals surface area contributed by atoms with Gasteiger partial charge in [-0.1, -0.05) is 55.2 Å². The molecule has 0 aliphatic heterocycles. The quantitative estimate of drug-likeness (QED) is 0.154. The Morgan fingerprint density at radius 3 is 2.43 bits per heavy atom. The average Bonchev–Trinajstić information content (AvgIpc) is 2.84. The molecule has 1 aromatic heterocycles. The van der Waals surface area contributed by atoms with Crippen molar-refractivity contribution in [3.8, 4) is 0 Å². The van der Waals surface area contributed by atoms with E-state index in [1.807, 2.05) is 34.0 Å². The second kappa shape index (κ2) is 14.8. The van der Waals surface area contributed by atoms with Crippen LogP contribution in [0.25, 0.3) is 0 Å². The monoisotopic (exact) mass is 477 g/mol. The minimum atomic E-state index is -0.137. The number of aromatic nitrogens is 1. The van der Waals surface area contributed by atoms with Gasteiger partial charge in [-0.3, -0.25) is 9.78 Å². The number of carbonyl (C=O) groups excluding carboxylic acids is 1. The Morgan fingerprint density at radius 1 is 1.17 bits per heavy atom. The van der Waals surface area contributed by atoms with Crippen molar-refractivity contribution in [3.63, 3.8) is 0 Å². The van der Waals surface area contributed by atoms with Gasteiger partial charge in [0.1, 0.15) is 0 Å². The van der Waals surface area contributed by atoms with Crippen LogP contribution in [0.5, 0.6) is 0 Å². The fraction of sp³-hybridized carbons (Fsp3) is 0.414. The van der Waals surface area contributed by atoms with Gasteiger partial charge in [0.15, 0.2) is 0 Å². The molecule has 1 heterocycles. The minimum absolute atomic E-state index is 0.137. The Labute approximate surface area is 211 Å². The van der Waals surface area contributed by atoms with Crippen LogP contribution in [0.1, 0.15) is 66.5 Å². The van der Waals surface area contributed by atoms with Crippen molar-refractivity contribution in [1.82, 2.24) is 10.3 Å². The molecule has 0 aromatic carbocycles. The number of nitrogen functional groups attached to an aromatic ring is 1. The lowest BCUT2D eigenvalue weighted by molar-refractivity contribution is -0.112. The van der Waals surface area contributed by atoms with Crippen molar-refractivity contribution in [2.24, 2.45) is 5.92 Å². The molecule has 0 saturated heterocycles. The van der Waals surface area contributed by atoms with Crippen LogP contribution in [0.15, 0.2) is 70.1 Å². The van der Waals surface area contributed by atoms with Gasteiger partial charge in [-0.25, -0.2) is 0 Å². The zero-order valence-electron chi connectivity index (χ0n) is 22.7. The highest BCUT2D eigenvalue weighted by Crippen LogP contribution is 2.22. The first-order valence-electron chi connectivity index (χ1n) is 12.2. The first-order valence-corrected chi connectivity index (χ1v) is 12.2. The van der Waals surface area contributed by atoms with Gasteiger partial charge in [-0.2, -0.15) is 0 Å². The highest BCUT2D eigenvalue weighted by atomic mass is 16.1. The summed E-state index contributed by atoms with van der Waals surface area (Å²) in [5, 5.41) is 13.8. The van der Waals surface area contributed by atoms with Crippen LogP contribution >= 0.6 is 0 Å². The number of carbonyl (C=O) groups is 1. The molecule has 1 unspecified atom stereocenters. The second-order valence-corrected chi connectivity index (χ2v) is 9.10. The summed E-state index contributed by atoms with van der Waals surface area (Å²) in [4.78, 5) is 17.0. The van der Waals surface area contributed by atoms with Crippen LogP contribution in [0, 0.1) is 18.3 Å². The molecule has 0 aliphatic carbocycles. The van der Waals surface area contributed by atoms with Crippen molar-refractivity contribution in [3.05, 3.63) is 75.8 Å². The van der Waals surface area contributed by atoms with E-state index in [1.54, 1.807) is 12.3 Å². The summed E-state index contributed by atoms with van der Waals surface area (Å²) in [7, 11) is 1.84. The lowest BCUT2D eigenvalue weighted by Gasteiger charge is -2.12. The van der Waals surface area contributed by atoms with Crippen molar-refractivity contribution in [2.45, 2.75) is 67.7 Å². The molecular weight excluding hydrogens is 434 g/mol. The van der Waals surface area contributed by atoms with Crippen LogP contribution in [-0.2, 0) is 4.79 Å². The summed E-state index contributed by atoms with van der Waals surface area (Å²) in [6.07, 6.45) is 13.9. The van der Waals surface area contributed by atoms with Crippen LogP contribution < -0.4 is 16.4 Å². The SMILES string of the molecule is CCC(C)\C=C/C(=C\C(C)=C(/C)CC/C(C)=C(/C)C(=O)Nc1cc(N)cnc1C)C(/C=N)=C/NC. The summed E-state index contributed by atoms with van der Waals surface area (Å²) < 4.78 is 0. The zero-order valence-corrected chi connectivity index (χ0v) is 22.7. The largest absolute Gasteiger partial charge is 0.397 e. The predicted octanol–water partition coefficient (Wildman–Crippen LogP) is 6.65. The summed E-state index contributed by atoms with van der Waals surface area (Å²) >= 11 is 0. The molecule has 1 rings (SSSR count). The number of hydrogen-bond acceptors (Lipinski definition) is 5. The third-order valence-electron chi connectivity index (χ3n) is 6.29. The highest BCUT2D eigenvalue weighted by molar-refractivity contribution is 6.04. The number of pyridine rings is 1. The number of anilines is 2. The molecule has 0 spiro atoms. The fourth-order valence-electron chi connectivity index (χ4n) is 3.20. The number of hydrogen-bond donors (Lipinski definition) is 4. The molecule has 35 heavy (non-hydrogen) atoms. The molecule has 190 valence electrons. The summed E-state index contributed by atoms with van der Waals surface area (Å²) in [5.41, 5.74) is 13.7. The summed E-state index contributed by atoms with van der Waals surface area (Å²) in [6.45, 7) is 14.3. The number of aryl methyl sites for hydroxylation is 1. The van der Waals surface area contributed by atoms with E-state index >= 15 is 0 Å². The van der Waals surface area contributed by atoms with Gasteiger partial charge in [-0.05, 0) is 65.0 Å². The van der Waals surface area contributed by atoms with Crippen molar-refractivity contribution >= 4 is 23.5 Å². The third-order valence-corrected chi connectivity index (χ3v) is 6.29. The molecule has 0 aliphatic rings. The first kappa shape index (κ1) is 29.6. The van der Waals surface area contributed by atoms with E-state index in [9.17, 15) is 4.79 Å². The molecule has 0 bridgehead atoms. The van der Waals surface area contributed by atoms with Gasteiger partial charge in [0.05, 0.1) is 23.3 Å². The molecule has 0 radical (unpaired) electrons. The highest BCUT2D eigenvalue weighted by Gasteiger charge is 2.11. The van der Waals surface area contributed by atoms with Crippen LogP contribution in [0.4, 0.5) is 11.4 Å². The van der Waals surface area contributed by atoms with Crippen molar-refractivity contribution in [2.75, 3.05) is 18.1 Å². The number of rotatable bonds is 12. The van der Waals surface area contributed by atoms with Gasteiger partial charge < -0.3 is 21.8 Å². The van der Waals surface area contributed by atoms with E-state index in [-0.39, 0.29) is 5.91 Å². The Morgan fingerprint density at radius 2 is 1.83 bits per heavy atom. The normalized spacial score (nSPS) is 14.9. The van der Waals surface area contributed by atoms with E-state index in [0.717, 1.165) is 47.2 Å². The van der Waals surface area contributed by atoms with E-state index in [1.165, 1.54) is 11.8 Å². The fourth-order valence-corrected chi connectivity index (χ4v) is 3.20. The van der Waals surface area contributed by atoms with E-state index < -0.39 is 0 Å². The predicted molar refractivity (Wildman–Crippen MR) is 151 cm³/mol. The molecule has 1 aromatic rings. The Hall–Kier alpha value is -3.41. The molecular formula is C29H43N5O. The number of nitrogens with zero attached hydrogens (tertiary/aromatic N) is 1. The lowest BCUT2D eigenvalue weighted by atomic mass is 9.96. The van der Waals surface area contributed by atoms with Gasteiger partial charge in [0, 0.05) is 30.6 Å². The Balaban J connectivity index is 3.06. The van der Waals surface area contributed by atoms with Gasteiger partial charge in [-0.15, -0.1) is 0 Å². The van der Waals surface area contributed by atoms with Crippen LogP contribution in [-0.4, -0.2) is 24.2 Å². The number of nitrogens with one attached hydrogen (secondary N) is 3. The number of allylic oxidation sites excluding steroid dienone is 8. The lowest BCUT2D eigenvalue weighted by Crippen LogP contribution is -2.15. The van der Waals surface area contributed by atoms with E-state index in [2.05, 4.69) is 61.5 Å². The standard InChI is InChI=1S/C29H43N5O/c1-9-19(2)10-13-25(26(16-30)17-32-8)14-22(5)20(3)11-12-21(4)23(6)29(35)34-28-15-27(31)18-33-24(28)7/h10,13-19,30,32H,9,11-12,31H2,1-8H3,(H,34,35)/b13-10-,22-20+,23-21-,25-14+,26-17+,30-16?. The topological polar surface area (TPSA) is 104 Å². The molecule has 1 atom stereocenters. The molecule has 6 nitrogen and oxygen atoms in total. The third kappa shape index (κ3) is 9.77. The van der Waals surface area contributed by atoms with Crippen LogP contribution in [0.3, 0.4) is 0 Å². The van der Waals surface area contributed by atoms with Crippen molar-refractivity contribution < 1.29 is 4.79 Å². The molecule has 5 N–H and O–H groups in total.